The number of aryl methyl sites for hydroxylation is 1. The number of likely N-dealkylation sites (tertiary alicyclic amines) is 1. The van der Waals surface area contributed by atoms with Gasteiger partial charge in [0.1, 0.15) is 6.10 Å². The number of ether oxygens (including phenoxy) is 2. The first kappa shape index (κ1) is 29.5. The molecule has 2 N–H and O–H groups in total. The smallest absolute Gasteiger partial charge is 0.302 e. The summed E-state index contributed by atoms with van der Waals surface area (Å²) in [4.78, 5) is 26.3. The highest BCUT2D eigenvalue weighted by atomic mass is 16.5. The molecule has 1 saturated heterocycles. The zero-order valence-electron chi connectivity index (χ0n) is 23.0. The zero-order chi connectivity index (χ0) is 27.5. The van der Waals surface area contributed by atoms with Gasteiger partial charge in [-0.15, -0.1) is 0 Å². The van der Waals surface area contributed by atoms with Crippen LogP contribution in [0.25, 0.3) is 0 Å². The maximum atomic E-state index is 12.8. The maximum absolute atomic E-state index is 12.8. The number of aromatic hydroxyl groups is 1. The summed E-state index contributed by atoms with van der Waals surface area (Å²) in [6, 6.07) is 13.9. The van der Waals surface area contributed by atoms with E-state index in [0.717, 1.165) is 31.2 Å². The van der Waals surface area contributed by atoms with Crippen LogP contribution in [0.5, 0.6) is 11.5 Å². The lowest BCUT2D eigenvalue weighted by Gasteiger charge is -2.22. The molecule has 1 aliphatic rings. The van der Waals surface area contributed by atoms with E-state index >= 15 is 0 Å². The van der Waals surface area contributed by atoms with E-state index in [2.05, 4.69) is 19.1 Å². The summed E-state index contributed by atoms with van der Waals surface area (Å²) in [6.45, 7) is 4.46. The van der Waals surface area contributed by atoms with Crippen molar-refractivity contribution in [3.05, 3.63) is 59.2 Å². The molecule has 1 heterocycles. The van der Waals surface area contributed by atoms with E-state index in [1.54, 1.807) is 11.0 Å². The number of rotatable bonds is 15. The Kier molecular flexibility index (Phi) is 11.5. The normalized spacial score (nSPS) is 16.9. The molecule has 0 saturated carbocycles. The Morgan fingerprint density at radius 1 is 1.13 bits per heavy atom. The molecule has 0 aliphatic carbocycles. The average Bonchev–Trinajstić information content (AvgIpc) is 3.22. The summed E-state index contributed by atoms with van der Waals surface area (Å²) in [5, 5.41) is 21.2. The number of phenolic OH excluding ortho intramolecular Hbond substituents is 1. The third-order valence-corrected chi connectivity index (χ3v) is 7.22. The number of esters is 1. The molecule has 0 aromatic heterocycles. The number of benzene rings is 2. The van der Waals surface area contributed by atoms with E-state index in [4.69, 9.17) is 9.47 Å². The van der Waals surface area contributed by atoms with Crippen molar-refractivity contribution in [1.82, 2.24) is 4.90 Å². The van der Waals surface area contributed by atoms with Crippen molar-refractivity contribution in [2.24, 2.45) is 5.92 Å². The van der Waals surface area contributed by atoms with E-state index in [1.165, 1.54) is 19.6 Å². The van der Waals surface area contributed by atoms with Gasteiger partial charge in [0, 0.05) is 38.4 Å². The number of hydrogen-bond acceptors (Lipinski definition) is 6. The highest BCUT2D eigenvalue weighted by Gasteiger charge is 2.30. The second kappa shape index (κ2) is 14.8. The molecule has 0 radical (unpaired) electrons. The van der Waals surface area contributed by atoms with Crippen LogP contribution < -0.4 is 4.74 Å². The summed E-state index contributed by atoms with van der Waals surface area (Å²) in [7, 11) is 1.51. The lowest BCUT2D eigenvalue weighted by molar-refractivity contribution is -0.148. The van der Waals surface area contributed by atoms with Crippen LogP contribution >= 0.6 is 0 Å². The van der Waals surface area contributed by atoms with Gasteiger partial charge in [-0.05, 0) is 48.8 Å². The predicted molar refractivity (Wildman–Crippen MR) is 147 cm³/mol. The first-order valence-electron chi connectivity index (χ1n) is 13.8. The van der Waals surface area contributed by atoms with Crippen molar-refractivity contribution in [1.29, 1.82) is 0 Å². The van der Waals surface area contributed by atoms with E-state index in [0.29, 0.717) is 56.5 Å². The van der Waals surface area contributed by atoms with Crippen molar-refractivity contribution < 1.29 is 29.3 Å². The molecule has 3 atom stereocenters. The minimum absolute atomic E-state index is 0.0402. The van der Waals surface area contributed by atoms with Gasteiger partial charge >= 0.3 is 5.97 Å². The second-order valence-corrected chi connectivity index (χ2v) is 10.5. The van der Waals surface area contributed by atoms with Gasteiger partial charge in [-0.25, -0.2) is 0 Å². The van der Waals surface area contributed by atoms with Crippen molar-refractivity contribution in [2.45, 2.75) is 90.4 Å². The molecule has 0 spiro atoms. The highest BCUT2D eigenvalue weighted by Crippen LogP contribution is 2.34. The molecule has 1 amide bonds. The van der Waals surface area contributed by atoms with Gasteiger partial charge in [0.2, 0.25) is 5.91 Å². The monoisotopic (exact) mass is 525 g/mol. The Morgan fingerprint density at radius 3 is 2.58 bits per heavy atom. The van der Waals surface area contributed by atoms with Crippen molar-refractivity contribution >= 4 is 11.9 Å². The van der Waals surface area contributed by atoms with Crippen molar-refractivity contribution in [3.8, 4) is 11.5 Å². The number of amides is 1. The van der Waals surface area contributed by atoms with Gasteiger partial charge in [0.15, 0.2) is 11.5 Å². The number of carbonyl (C=O) groups excluding carboxylic acids is 2. The van der Waals surface area contributed by atoms with Crippen LogP contribution in [0.1, 0.15) is 75.5 Å². The molecule has 2 aromatic carbocycles. The Hall–Kier alpha value is -3.06. The highest BCUT2D eigenvalue weighted by molar-refractivity contribution is 5.78. The SMILES string of the molecule is CCCCC[C@H](O)C[C@@H](CCc1cc(CN2C[C@@H](Cc3ccccc3)CC2=O)c(O)c(OC)c1)OC(C)=O. The third-order valence-electron chi connectivity index (χ3n) is 7.22. The number of aliphatic hydroxyl groups is 1. The molecule has 3 rings (SSSR count). The van der Waals surface area contributed by atoms with Gasteiger partial charge < -0.3 is 24.6 Å². The number of phenols is 1. The fourth-order valence-electron chi connectivity index (χ4n) is 5.28. The molecule has 7 nitrogen and oxygen atoms in total. The Labute approximate surface area is 226 Å². The number of nitrogens with zero attached hydrogens (tertiary/aromatic N) is 1. The number of unbranched alkanes of at least 4 members (excludes halogenated alkanes) is 2. The standard InChI is InChI=1S/C31H43NO6/c1-4-5-7-12-27(34)19-28(38-22(2)33)14-13-24-16-26(31(36)29(17-24)37-3)21-32-20-25(18-30(32)35)15-23-10-8-6-9-11-23/h6,8-11,16-17,25,27-28,34,36H,4-5,7,12-15,18-21H2,1-3H3/t25-,27-,28+/m0/s1. The number of carbonyl (C=O) groups is 2. The molecule has 1 aliphatic heterocycles. The van der Waals surface area contributed by atoms with E-state index in [1.807, 2.05) is 24.3 Å². The Morgan fingerprint density at radius 2 is 1.89 bits per heavy atom. The molecule has 208 valence electrons. The topological polar surface area (TPSA) is 96.3 Å². The lowest BCUT2D eigenvalue weighted by atomic mass is 9.98. The molecule has 7 heteroatoms. The second-order valence-electron chi connectivity index (χ2n) is 10.5. The maximum Gasteiger partial charge on any atom is 0.302 e. The summed E-state index contributed by atoms with van der Waals surface area (Å²) < 4.78 is 10.9. The number of methoxy groups -OCH3 is 1. The molecular formula is C31H43NO6. The van der Waals surface area contributed by atoms with Crippen LogP contribution in [0.4, 0.5) is 0 Å². The minimum atomic E-state index is -0.513. The van der Waals surface area contributed by atoms with Crippen molar-refractivity contribution in [3.63, 3.8) is 0 Å². The van der Waals surface area contributed by atoms with E-state index in [-0.39, 0.29) is 23.5 Å². The third kappa shape index (κ3) is 9.05. The fraction of sp³-hybridized carbons (Fsp3) is 0.548. The molecule has 38 heavy (non-hydrogen) atoms. The van der Waals surface area contributed by atoms with Crippen molar-refractivity contribution in [2.75, 3.05) is 13.7 Å². The van der Waals surface area contributed by atoms with Crippen LogP contribution in [-0.2, 0) is 33.7 Å². The Bertz CT molecular complexity index is 1040. The van der Waals surface area contributed by atoms with Gasteiger partial charge in [0.25, 0.3) is 0 Å². The fourth-order valence-corrected chi connectivity index (χ4v) is 5.28. The van der Waals surface area contributed by atoms with Gasteiger partial charge in [-0.2, -0.15) is 0 Å². The number of hydrogen-bond donors (Lipinski definition) is 2. The summed E-state index contributed by atoms with van der Waals surface area (Å²) in [6.07, 6.45) is 5.75. The summed E-state index contributed by atoms with van der Waals surface area (Å²) >= 11 is 0. The van der Waals surface area contributed by atoms with E-state index in [9.17, 15) is 19.8 Å². The minimum Gasteiger partial charge on any atom is -0.504 e. The Balaban J connectivity index is 1.65. The zero-order valence-corrected chi connectivity index (χ0v) is 23.0. The van der Waals surface area contributed by atoms with Gasteiger partial charge in [0.05, 0.1) is 13.2 Å². The summed E-state index contributed by atoms with van der Waals surface area (Å²) in [5.41, 5.74) is 2.77. The quantitative estimate of drug-likeness (QED) is 0.245. The molecular weight excluding hydrogens is 482 g/mol. The van der Waals surface area contributed by atoms with Gasteiger partial charge in [-0.3, -0.25) is 9.59 Å². The van der Waals surface area contributed by atoms with Crippen LogP contribution in [0.15, 0.2) is 42.5 Å². The molecule has 2 aromatic rings. The van der Waals surface area contributed by atoms with Gasteiger partial charge in [-0.1, -0.05) is 62.6 Å². The van der Waals surface area contributed by atoms with Crippen LogP contribution in [0.2, 0.25) is 0 Å². The summed E-state index contributed by atoms with van der Waals surface area (Å²) in [5.74, 6) is 0.358. The lowest BCUT2D eigenvalue weighted by Crippen LogP contribution is -2.25. The molecule has 0 unspecified atom stereocenters. The van der Waals surface area contributed by atoms with Crippen LogP contribution in [-0.4, -0.2) is 52.9 Å². The predicted octanol–water partition coefficient (Wildman–Crippen LogP) is 5.19. The average molecular weight is 526 g/mol. The number of aliphatic hydroxyl groups excluding tert-OH is 1. The van der Waals surface area contributed by atoms with Crippen LogP contribution in [0, 0.1) is 5.92 Å². The van der Waals surface area contributed by atoms with E-state index < -0.39 is 12.2 Å². The molecule has 1 fully saturated rings. The van der Waals surface area contributed by atoms with Crippen LogP contribution in [0.3, 0.4) is 0 Å². The first-order chi connectivity index (χ1) is 18.3. The molecule has 0 bridgehead atoms. The first-order valence-corrected chi connectivity index (χ1v) is 13.8. The largest absolute Gasteiger partial charge is 0.504 e.